The summed E-state index contributed by atoms with van der Waals surface area (Å²) in [5.74, 6) is -0.517. The summed E-state index contributed by atoms with van der Waals surface area (Å²) in [6.45, 7) is 10.0. The van der Waals surface area contributed by atoms with Crippen LogP contribution in [0.5, 0.6) is 0 Å². The predicted octanol–water partition coefficient (Wildman–Crippen LogP) is 3.19. The van der Waals surface area contributed by atoms with Crippen molar-refractivity contribution in [3.63, 3.8) is 0 Å². The molecule has 0 spiro atoms. The second-order valence-electron chi connectivity index (χ2n) is 7.51. The molecule has 6 nitrogen and oxygen atoms in total. The van der Waals surface area contributed by atoms with Crippen molar-refractivity contribution in [2.75, 3.05) is 12.3 Å². The Kier molecular flexibility index (Phi) is 5.05. The van der Waals surface area contributed by atoms with Crippen LogP contribution in [-0.2, 0) is 14.0 Å². The van der Waals surface area contributed by atoms with Gasteiger partial charge in [0.25, 0.3) is 0 Å². The molecule has 0 unspecified atom stereocenters. The fourth-order valence-corrected chi connectivity index (χ4v) is 3.22. The van der Waals surface area contributed by atoms with Crippen molar-refractivity contribution in [3.05, 3.63) is 41.2 Å². The van der Waals surface area contributed by atoms with Gasteiger partial charge in [0, 0.05) is 5.69 Å². The summed E-state index contributed by atoms with van der Waals surface area (Å²) >= 11 is 6.30. The number of carbonyl (C=O) groups excluding carboxylic acids is 1. The van der Waals surface area contributed by atoms with Crippen LogP contribution in [0.15, 0.2) is 30.3 Å². The van der Waals surface area contributed by atoms with Gasteiger partial charge < -0.3 is 19.8 Å². The molecule has 0 atom stereocenters. The number of nitrogen functional groups attached to an aromatic ring is 1. The third-order valence-corrected chi connectivity index (χ3v) is 5.41. The molecule has 1 aromatic heterocycles. The van der Waals surface area contributed by atoms with Gasteiger partial charge in [-0.15, -0.1) is 0 Å². The molecule has 1 aromatic carbocycles. The Hall–Kier alpha value is -1.96. The smallest absolute Gasteiger partial charge is 0.461 e. The van der Waals surface area contributed by atoms with E-state index >= 15 is 0 Å². The molecule has 1 aliphatic heterocycles. The van der Waals surface area contributed by atoms with Crippen LogP contribution in [0.25, 0.3) is 5.69 Å². The average Bonchev–Trinajstić information content (AvgIpc) is 2.99. The quantitative estimate of drug-likeness (QED) is 0.641. The lowest BCUT2D eigenvalue weighted by Gasteiger charge is -2.32. The van der Waals surface area contributed by atoms with Crippen molar-refractivity contribution in [2.45, 2.75) is 45.8 Å². The number of benzene rings is 1. The molecule has 1 fully saturated rings. The number of hydrogen-bond donors (Lipinski definition) is 1. The van der Waals surface area contributed by atoms with E-state index in [2.05, 4.69) is 0 Å². The first-order valence-corrected chi connectivity index (χ1v) is 9.25. The molecular weight excluding hydrogens is 366 g/mol. The molecule has 1 aliphatic rings. The standard InChI is InChI=1S/C19H24BClN2O4/c1-6-25-17(24)16-14(22)11-15(21)23(16)13-9-7-12(8-10-13)20-26-18(2,3)19(4,5)27-20/h7-11H,6,22H2,1-5H3. The summed E-state index contributed by atoms with van der Waals surface area (Å²) in [7, 11) is -0.459. The second-order valence-corrected chi connectivity index (χ2v) is 7.89. The summed E-state index contributed by atoms with van der Waals surface area (Å²) in [5.41, 5.74) is 7.19. The number of carbonyl (C=O) groups is 1. The van der Waals surface area contributed by atoms with Crippen LogP contribution in [0.3, 0.4) is 0 Å². The van der Waals surface area contributed by atoms with Crippen molar-refractivity contribution < 1.29 is 18.8 Å². The molecule has 3 rings (SSSR count). The number of hydrogen-bond acceptors (Lipinski definition) is 5. The topological polar surface area (TPSA) is 75.7 Å². The minimum atomic E-state index is -0.517. The molecule has 0 amide bonds. The summed E-state index contributed by atoms with van der Waals surface area (Å²) < 4.78 is 18.8. The number of nitrogens with zero attached hydrogens (tertiary/aromatic N) is 1. The highest BCUT2D eigenvalue weighted by Crippen LogP contribution is 2.36. The Balaban J connectivity index is 1.93. The molecule has 2 aromatic rings. The number of esters is 1. The molecule has 144 valence electrons. The van der Waals surface area contributed by atoms with E-state index in [9.17, 15) is 4.79 Å². The van der Waals surface area contributed by atoms with Crippen LogP contribution in [0.4, 0.5) is 5.69 Å². The highest BCUT2D eigenvalue weighted by atomic mass is 35.5. The van der Waals surface area contributed by atoms with E-state index in [-0.39, 0.29) is 18.0 Å². The highest BCUT2D eigenvalue weighted by Gasteiger charge is 2.51. The average molecular weight is 391 g/mol. The van der Waals surface area contributed by atoms with Gasteiger partial charge in [-0.1, -0.05) is 23.7 Å². The van der Waals surface area contributed by atoms with Gasteiger partial charge in [0.1, 0.15) is 5.15 Å². The first kappa shape index (κ1) is 19.8. The Morgan fingerprint density at radius 2 is 1.74 bits per heavy atom. The Bertz CT molecular complexity index is 845. The highest BCUT2D eigenvalue weighted by molar-refractivity contribution is 6.62. The number of rotatable bonds is 4. The summed E-state index contributed by atoms with van der Waals surface area (Å²) in [6, 6.07) is 9.00. The minimum Gasteiger partial charge on any atom is -0.461 e. The third-order valence-electron chi connectivity index (χ3n) is 5.13. The maximum absolute atomic E-state index is 12.3. The normalized spacial score (nSPS) is 17.9. The molecule has 0 saturated carbocycles. The maximum Gasteiger partial charge on any atom is 0.494 e. The van der Waals surface area contributed by atoms with E-state index in [1.54, 1.807) is 11.5 Å². The zero-order chi connectivity index (χ0) is 20.0. The van der Waals surface area contributed by atoms with Crippen molar-refractivity contribution in [3.8, 4) is 5.69 Å². The number of halogens is 1. The number of aromatic nitrogens is 1. The molecule has 0 aliphatic carbocycles. The van der Waals surface area contributed by atoms with Gasteiger partial charge in [-0.05, 0) is 58.3 Å². The van der Waals surface area contributed by atoms with Crippen LogP contribution in [0, 0.1) is 0 Å². The van der Waals surface area contributed by atoms with E-state index in [1.165, 1.54) is 6.07 Å². The SMILES string of the molecule is CCOC(=O)c1c(N)cc(Cl)n1-c1ccc(B2OC(C)(C)C(C)(C)O2)cc1. The van der Waals surface area contributed by atoms with Crippen LogP contribution in [0.1, 0.15) is 45.1 Å². The third kappa shape index (κ3) is 3.47. The maximum atomic E-state index is 12.3. The zero-order valence-electron chi connectivity index (χ0n) is 16.2. The van der Waals surface area contributed by atoms with Gasteiger partial charge in [-0.25, -0.2) is 4.79 Å². The van der Waals surface area contributed by atoms with E-state index < -0.39 is 24.3 Å². The Morgan fingerprint density at radius 1 is 1.19 bits per heavy atom. The fourth-order valence-electron chi connectivity index (χ4n) is 2.92. The lowest BCUT2D eigenvalue weighted by atomic mass is 9.79. The van der Waals surface area contributed by atoms with Crippen molar-refractivity contribution >= 4 is 35.8 Å². The summed E-state index contributed by atoms with van der Waals surface area (Å²) in [5, 5.41) is 0.332. The number of nitrogens with two attached hydrogens (primary N) is 1. The van der Waals surface area contributed by atoms with Gasteiger partial charge in [0.05, 0.1) is 23.5 Å². The van der Waals surface area contributed by atoms with Crippen LogP contribution < -0.4 is 11.2 Å². The van der Waals surface area contributed by atoms with Gasteiger partial charge >= 0.3 is 13.1 Å². The van der Waals surface area contributed by atoms with Gasteiger partial charge in [-0.3, -0.25) is 4.57 Å². The van der Waals surface area contributed by atoms with Gasteiger partial charge in [0.2, 0.25) is 0 Å². The summed E-state index contributed by atoms with van der Waals surface area (Å²) in [6.07, 6.45) is 0. The van der Waals surface area contributed by atoms with Gasteiger partial charge in [-0.2, -0.15) is 0 Å². The van der Waals surface area contributed by atoms with Gasteiger partial charge in [0.15, 0.2) is 5.69 Å². The van der Waals surface area contributed by atoms with Crippen molar-refractivity contribution in [2.24, 2.45) is 0 Å². The summed E-state index contributed by atoms with van der Waals surface area (Å²) in [4.78, 5) is 12.3. The Labute approximate surface area is 164 Å². The number of ether oxygens (including phenoxy) is 1. The Morgan fingerprint density at radius 3 is 2.26 bits per heavy atom. The molecular formula is C19H24BClN2O4. The van der Waals surface area contributed by atoms with Crippen molar-refractivity contribution in [1.29, 1.82) is 0 Å². The zero-order valence-corrected chi connectivity index (χ0v) is 17.0. The van der Waals surface area contributed by atoms with E-state index in [0.717, 1.165) is 5.46 Å². The fraction of sp³-hybridized carbons (Fsp3) is 0.421. The molecule has 0 radical (unpaired) electrons. The monoisotopic (exact) mass is 390 g/mol. The molecule has 2 heterocycles. The van der Waals surface area contributed by atoms with E-state index in [4.69, 9.17) is 31.4 Å². The van der Waals surface area contributed by atoms with Crippen molar-refractivity contribution in [1.82, 2.24) is 4.57 Å². The largest absolute Gasteiger partial charge is 0.494 e. The molecule has 0 bridgehead atoms. The molecule has 27 heavy (non-hydrogen) atoms. The van der Waals surface area contributed by atoms with Crippen LogP contribution in [-0.4, -0.2) is 35.5 Å². The molecule has 8 heteroatoms. The van der Waals surface area contributed by atoms with E-state index in [0.29, 0.717) is 10.8 Å². The first-order valence-electron chi connectivity index (χ1n) is 8.87. The van der Waals surface area contributed by atoms with E-state index in [1.807, 2.05) is 52.0 Å². The molecule has 2 N–H and O–H groups in total. The van der Waals surface area contributed by atoms with Crippen LogP contribution in [0.2, 0.25) is 5.15 Å². The first-order chi connectivity index (χ1) is 12.6. The predicted molar refractivity (Wildman–Crippen MR) is 107 cm³/mol. The van der Waals surface area contributed by atoms with Crippen LogP contribution >= 0.6 is 11.6 Å². The molecule has 1 saturated heterocycles. The minimum absolute atomic E-state index is 0.213. The number of anilines is 1. The lowest BCUT2D eigenvalue weighted by Crippen LogP contribution is -2.41. The lowest BCUT2D eigenvalue weighted by molar-refractivity contribution is 0.00578. The second kappa shape index (κ2) is 6.89.